The molecule has 28 heavy (non-hydrogen) atoms. The van der Waals surface area contributed by atoms with Crippen LogP contribution in [-0.4, -0.2) is 30.0 Å². The number of hydrogen-bond acceptors (Lipinski definition) is 4. The lowest BCUT2D eigenvalue weighted by Crippen LogP contribution is -2.48. The third-order valence-electron chi connectivity index (χ3n) is 5.03. The summed E-state index contributed by atoms with van der Waals surface area (Å²) in [7, 11) is 1.83. The van der Waals surface area contributed by atoms with Crippen LogP contribution in [0.15, 0.2) is 24.4 Å². The molecule has 0 spiro atoms. The zero-order chi connectivity index (χ0) is 20.3. The van der Waals surface area contributed by atoms with Crippen molar-refractivity contribution in [2.45, 2.75) is 44.7 Å². The molecule has 5 nitrogen and oxygen atoms in total. The van der Waals surface area contributed by atoms with Crippen LogP contribution in [0.25, 0.3) is 0 Å². The Morgan fingerprint density at radius 2 is 1.71 bits per heavy atom. The van der Waals surface area contributed by atoms with Crippen molar-refractivity contribution >= 4 is 17.4 Å². The van der Waals surface area contributed by atoms with Crippen molar-refractivity contribution in [2.24, 2.45) is 0 Å². The van der Waals surface area contributed by atoms with E-state index in [-0.39, 0.29) is 17.6 Å². The van der Waals surface area contributed by atoms with Gasteiger partial charge >= 0.3 is 0 Å². The highest BCUT2D eigenvalue weighted by Crippen LogP contribution is 2.24. The third kappa shape index (κ3) is 4.37. The van der Waals surface area contributed by atoms with Crippen molar-refractivity contribution in [1.29, 1.82) is 0 Å². The molecule has 1 amide bonds. The molecule has 3 rings (SSSR count). The molecule has 2 aromatic rings. The van der Waals surface area contributed by atoms with Crippen LogP contribution in [0, 0.1) is 24.4 Å². The number of aryl methyl sites for hydroxylation is 1. The molecule has 0 saturated heterocycles. The Morgan fingerprint density at radius 1 is 1.07 bits per heavy atom. The highest BCUT2D eigenvalue weighted by Gasteiger charge is 2.28. The highest BCUT2D eigenvalue weighted by molar-refractivity contribution is 5.94. The number of carbonyl (C=O) groups is 1. The number of amides is 1. The zero-order valence-corrected chi connectivity index (χ0v) is 15.8. The molecule has 0 bridgehead atoms. The van der Waals surface area contributed by atoms with Gasteiger partial charge in [0.05, 0.1) is 0 Å². The first kappa shape index (κ1) is 20.0. The minimum atomic E-state index is -1.58. The van der Waals surface area contributed by atoms with Gasteiger partial charge in [-0.3, -0.25) is 4.79 Å². The normalized spacial score (nSPS) is 19.2. The first-order chi connectivity index (χ1) is 13.4. The molecular formula is C20H23F3N4O. The van der Waals surface area contributed by atoms with Gasteiger partial charge in [0, 0.05) is 42.6 Å². The molecule has 1 saturated carbocycles. The molecule has 0 radical (unpaired) electrons. The first-order valence-electron chi connectivity index (χ1n) is 9.25. The minimum Gasteiger partial charge on any atom is -0.388 e. The average molecular weight is 392 g/mol. The SMILES string of the molecule is CNc1cc(NC2CCCCC2NC(=O)c2cc(F)c(F)c(F)c2)ncc1C. The second kappa shape index (κ2) is 8.50. The van der Waals surface area contributed by atoms with Crippen LogP contribution in [0.1, 0.15) is 41.6 Å². The van der Waals surface area contributed by atoms with E-state index in [1.165, 1.54) is 0 Å². The maximum atomic E-state index is 13.4. The van der Waals surface area contributed by atoms with Crippen LogP contribution in [0.2, 0.25) is 0 Å². The summed E-state index contributed by atoms with van der Waals surface area (Å²) in [5.74, 6) is -4.30. The molecule has 1 aliphatic rings. The first-order valence-corrected chi connectivity index (χ1v) is 9.25. The number of anilines is 2. The van der Waals surface area contributed by atoms with Gasteiger partial charge in [-0.15, -0.1) is 0 Å². The van der Waals surface area contributed by atoms with E-state index in [2.05, 4.69) is 20.9 Å². The summed E-state index contributed by atoms with van der Waals surface area (Å²) in [5.41, 5.74) is 1.72. The maximum absolute atomic E-state index is 13.4. The molecule has 2 unspecified atom stereocenters. The van der Waals surface area contributed by atoms with E-state index >= 15 is 0 Å². The molecule has 8 heteroatoms. The lowest BCUT2D eigenvalue weighted by Gasteiger charge is -2.33. The molecule has 1 aliphatic carbocycles. The van der Waals surface area contributed by atoms with E-state index in [1.807, 2.05) is 20.0 Å². The van der Waals surface area contributed by atoms with Gasteiger partial charge in [-0.05, 0) is 37.5 Å². The lowest BCUT2D eigenvalue weighted by atomic mass is 9.90. The van der Waals surface area contributed by atoms with Crippen LogP contribution in [0.3, 0.4) is 0 Å². The smallest absolute Gasteiger partial charge is 0.251 e. The van der Waals surface area contributed by atoms with Crippen LogP contribution >= 0.6 is 0 Å². The van der Waals surface area contributed by atoms with Crippen LogP contribution < -0.4 is 16.0 Å². The van der Waals surface area contributed by atoms with Crippen molar-refractivity contribution in [3.8, 4) is 0 Å². The van der Waals surface area contributed by atoms with Gasteiger partial charge in [0.25, 0.3) is 5.91 Å². The Balaban J connectivity index is 1.73. The minimum absolute atomic E-state index is 0.0762. The summed E-state index contributed by atoms with van der Waals surface area (Å²) in [5, 5.41) is 9.27. The summed E-state index contributed by atoms with van der Waals surface area (Å²) in [6.07, 6.45) is 5.23. The Hall–Kier alpha value is -2.77. The number of benzene rings is 1. The summed E-state index contributed by atoms with van der Waals surface area (Å²) in [6, 6.07) is 3.00. The van der Waals surface area contributed by atoms with Crippen molar-refractivity contribution in [3.63, 3.8) is 0 Å². The van der Waals surface area contributed by atoms with Crippen molar-refractivity contribution in [3.05, 3.63) is 53.0 Å². The Labute approximate surface area is 161 Å². The summed E-state index contributed by atoms with van der Waals surface area (Å²) >= 11 is 0. The number of nitrogens with one attached hydrogen (secondary N) is 3. The molecule has 1 aromatic heterocycles. The topological polar surface area (TPSA) is 66.0 Å². The van der Waals surface area contributed by atoms with Crippen molar-refractivity contribution < 1.29 is 18.0 Å². The molecule has 0 aliphatic heterocycles. The Bertz CT molecular complexity index is 852. The Morgan fingerprint density at radius 3 is 2.36 bits per heavy atom. The van der Waals surface area contributed by atoms with E-state index in [0.717, 1.165) is 36.9 Å². The molecule has 3 N–H and O–H groups in total. The van der Waals surface area contributed by atoms with Gasteiger partial charge in [0.2, 0.25) is 0 Å². The van der Waals surface area contributed by atoms with Crippen molar-refractivity contribution in [1.82, 2.24) is 10.3 Å². The van der Waals surface area contributed by atoms with Gasteiger partial charge < -0.3 is 16.0 Å². The van der Waals surface area contributed by atoms with Crippen LogP contribution in [0.4, 0.5) is 24.7 Å². The third-order valence-corrected chi connectivity index (χ3v) is 5.03. The number of aromatic nitrogens is 1. The molecular weight excluding hydrogens is 369 g/mol. The highest BCUT2D eigenvalue weighted by atomic mass is 19.2. The monoisotopic (exact) mass is 392 g/mol. The standard InChI is InChI=1S/C20H23F3N4O/c1-11-10-25-18(9-17(11)24-2)26-15-5-3-4-6-16(15)27-20(28)12-7-13(21)19(23)14(22)8-12/h7-10,15-16H,3-6H2,1-2H3,(H,27,28)(H2,24,25,26). The predicted molar refractivity (Wildman–Crippen MR) is 102 cm³/mol. The quantitative estimate of drug-likeness (QED) is 0.673. The molecule has 150 valence electrons. The summed E-state index contributed by atoms with van der Waals surface area (Å²) in [6.45, 7) is 1.95. The van der Waals surface area contributed by atoms with E-state index in [1.54, 1.807) is 6.20 Å². The summed E-state index contributed by atoms with van der Waals surface area (Å²) in [4.78, 5) is 16.8. The van der Waals surface area contributed by atoms with E-state index < -0.39 is 23.4 Å². The van der Waals surface area contributed by atoms with E-state index in [4.69, 9.17) is 0 Å². The zero-order valence-electron chi connectivity index (χ0n) is 15.8. The van der Waals surface area contributed by atoms with Crippen molar-refractivity contribution in [2.75, 3.05) is 17.7 Å². The molecule has 1 aromatic carbocycles. The average Bonchev–Trinajstić information content (AvgIpc) is 2.68. The molecule has 1 fully saturated rings. The second-order valence-electron chi connectivity index (χ2n) is 7.00. The van der Waals surface area contributed by atoms with E-state index in [0.29, 0.717) is 18.0 Å². The second-order valence-corrected chi connectivity index (χ2v) is 7.00. The number of carbonyl (C=O) groups excluding carboxylic acids is 1. The number of nitrogens with zero attached hydrogens (tertiary/aromatic N) is 1. The van der Waals surface area contributed by atoms with Gasteiger partial charge in [-0.2, -0.15) is 0 Å². The maximum Gasteiger partial charge on any atom is 0.251 e. The van der Waals surface area contributed by atoms with Gasteiger partial charge in [0.1, 0.15) is 5.82 Å². The lowest BCUT2D eigenvalue weighted by molar-refractivity contribution is 0.0922. The van der Waals surface area contributed by atoms with Crippen LogP contribution in [-0.2, 0) is 0 Å². The van der Waals surface area contributed by atoms with E-state index in [9.17, 15) is 18.0 Å². The number of hydrogen-bond donors (Lipinski definition) is 3. The van der Waals surface area contributed by atoms with Crippen LogP contribution in [0.5, 0.6) is 0 Å². The fourth-order valence-corrected chi connectivity index (χ4v) is 3.48. The number of pyridine rings is 1. The van der Waals surface area contributed by atoms with Gasteiger partial charge in [-0.1, -0.05) is 12.8 Å². The van der Waals surface area contributed by atoms with Gasteiger partial charge in [0.15, 0.2) is 17.5 Å². The number of halogens is 3. The fourth-order valence-electron chi connectivity index (χ4n) is 3.48. The van der Waals surface area contributed by atoms with Gasteiger partial charge in [-0.25, -0.2) is 18.2 Å². The predicted octanol–water partition coefficient (Wildman–Crippen LogP) is 4.00. The fraction of sp³-hybridized carbons (Fsp3) is 0.400. The molecule has 1 heterocycles. The summed E-state index contributed by atoms with van der Waals surface area (Å²) < 4.78 is 40.0. The largest absolute Gasteiger partial charge is 0.388 e. The molecule has 2 atom stereocenters. The number of rotatable bonds is 5. The Kier molecular flexibility index (Phi) is 6.06.